The predicted octanol–water partition coefficient (Wildman–Crippen LogP) is 4.24. The molecule has 4 rings (SSSR count). The van der Waals surface area contributed by atoms with Gasteiger partial charge in [-0.25, -0.2) is 9.82 Å². The molecule has 0 aliphatic heterocycles. The molecule has 0 saturated heterocycles. The van der Waals surface area contributed by atoms with Crippen LogP contribution in [0, 0.1) is 5.82 Å². The zero-order chi connectivity index (χ0) is 27.7. The molecule has 0 aromatic heterocycles. The summed E-state index contributed by atoms with van der Waals surface area (Å²) in [7, 11) is 1.45. The fourth-order valence-electron chi connectivity index (χ4n) is 3.85. The number of carbonyl (C=O) groups excluding carboxylic acids is 2. The fraction of sp³-hybridized carbons (Fsp3) is 0.100. The Kier molecular flexibility index (Phi) is 8.65. The van der Waals surface area contributed by atoms with Gasteiger partial charge in [-0.1, -0.05) is 66.7 Å². The van der Waals surface area contributed by atoms with Gasteiger partial charge in [0, 0.05) is 11.3 Å². The quantitative estimate of drug-likeness (QED) is 0.211. The molecule has 4 aromatic rings. The monoisotopic (exact) mass is 527 g/mol. The van der Waals surface area contributed by atoms with Crippen molar-refractivity contribution in [2.24, 2.45) is 5.10 Å². The number of hydrazone groups is 1. The first-order chi connectivity index (χ1) is 18.9. The van der Waals surface area contributed by atoms with E-state index in [0.29, 0.717) is 28.1 Å². The number of ether oxygens (including phenoxy) is 2. The van der Waals surface area contributed by atoms with Gasteiger partial charge in [0.15, 0.2) is 23.7 Å². The number of nitrogens with zero attached hydrogens (tertiary/aromatic N) is 1. The molecule has 39 heavy (non-hydrogen) atoms. The lowest BCUT2D eigenvalue weighted by Crippen LogP contribution is -2.43. The Morgan fingerprint density at radius 3 is 2.10 bits per heavy atom. The number of benzene rings is 4. The second-order valence-electron chi connectivity index (χ2n) is 8.36. The maximum absolute atomic E-state index is 13.3. The zero-order valence-corrected chi connectivity index (χ0v) is 21.0. The molecule has 0 bridgehead atoms. The smallest absolute Gasteiger partial charge is 0.281 e. The second-order valence-corrected chi connectivity index (χ2v) is 8.36. The van der Waals surface area contributed by atoms with Crippen LogP contribution in [-0.2, 0) is 15.2 Å². The first-order valence-corrected chi connectivity index (χ1v) is 11.9. The summed E-state index contributed by atoms with van der Waals surface area (Å²) < 4.78 is 24.2. The molecule has 0 fully saturated rings. The van der Waals surface area contributed by atoms with Crippen molar-refractivity contribution in [1.29, 1.82) is 0 Å². The van der Waals surface area contributed by atoms with Crippen molar-refractivity contribution in [2.45, 2.75) is 5.60 Å². The van der Waals surface area contributed by atoms with Gasteiger partial charge in [0.05, 0.1) is 13.3 Å². The van der Waals surface area contributed by atoms with Gasteiger partial charge in [0.2, 0.25) is 0 Å². The van der Waals surface area contributed by atoms with E-state index in [1.54, 1.807) is 78.9 Å². The molecule has 198 valence electrons. The number of para-hydroxylation sites is 1. The molecule has 0 spiro atoms. The molecule has 0 aliphatic carbocycles. The summed E-state index contributed by atoms with van der Waals surface area (Å²) >= 11 is 0. The number of halogens is 1. The molecule has 0 unspecified atom stereocenters. The van der Waals surface area contributed by atoms with Crippen molar-refractivity contribution in [2.75, 3.05) is 19.0 Å². The average molecular weight is 528 g/mol. The van der Waals surface area contributed by atoms with Crippen LogP contribution < -0.4 is 20.2 Å². The molecule has 8 nitrogen and oxygen atoms in total. The van der Waals surface area contributed by atoms with Crippen molar-refractivity contribution in [3.63, 3.8) is 0 Å². The maximum atomic E-state index is 13.3. The zero-order valence-electron chi connectivity index (χ0n) is 21.0. The van der Waals surface area contributed by atoms with Crippen LogP contribution in [0.3, 0.4) is 0 Å². The van der Waals surface area contributed by atoms with E-state index >= 15 is 0 Å². The molecule has 0 heterocycles. The third-order valence-electron chi connectivity index (χ3n) is 5.79. The SMILES string of the molecule is COc1cccc(/C=N\NC(=O)C(O)(c2ccccc2)c2ccccc2)c1OCC(=O)Nc1ccc(F)cc1. The van der Waals surface area contributed by atoms with Crippen molar-refractivity contribution in [3.8, 4) is 11.5 Å². The third-order valence-corrected chi connectivity index (χ3v) is 5.79. The van der Waals surface area contributed by atoms with Gasteiger partial charge in [-0.2, -0.15) is 5.10 Å². The number of carbonyl (C=O) groups is 2. The minimum atomic E-state index is -1.99. The number of amides is 2. The van der Waals surface area contributed by atoms with Gasteiger partial charge >= 0.3 is 0 Å². The number of aliphatic hydroxyl groups is 1. The van der Waals surface area contributed by atoms with E-state index in [-0.39, 0.29) is 12.4 Å². The number of hydrogen-bond donors (Lipinski definition) is 3. The fourth-order valence-corrected chi connectivity index (χ4v) is 3.85. The Labute approximate surface area is 224 Å². The van der Waals surface area contributed by atoms with E-state index in [1.807, 2.05) is 0 Å². The van der Waals surface area contributed by atoms with Crippen LogP contribution in [0.2, 0.25) is 0 Å². The van der Waals surface area contributed by atoms with E-state index in [2.05, 4.69) is 15.8 Å². The molecule has 0 radical (unpaired) electrons. The predicted molar refractivity (Wildman–Crippen MR) is 145 cm³/mol. The summed E-state index contributed by atoms with van der Waals surface area (Å²) in [5, 5.41) is 18.2. The van der Waals surface area contributed by atoms with Crippen LogP contribution in [0.4, 0.5) is 10.1 Å². The molecule has 2 amide bonds. The lowest BCUT2D eigenvalue weighted by molar-refractivity contribution is -0.136. The van der Waals surface area contributed by atoms with Crippen molar-refractivity contribution >= 4 is 23.7 Å². The summed E-state index contributed by atoms with van der Waals surface area (Å²) in [6.45, 7) is -0.368. The van der Waals surface area contributed by atoms with Gasteiger partial charge in [0.1, 0.15) is 5.82 Å². The maximum Gasteiger partial charge on any atom is 0.281 e. The Bertz CT molecular complexity index is 1410. The summed E-state index contributed by atoms with van der Waals surface area (Å²) in [5.74, 6) is -1.10. The molecule has 0 atom stereocenters. The van der Waals surface area contributed by atoms with Crippen LogP contribution >= 0.6 is 0 Å². The number of rotatable bonds is 10. The lowest BCUT2D eigenvalue weighted by atomic mass is 9.85. The number of hydrogen-bond acceptors (Lipinski definition) is 6. The first-order valence-electron chi connectivity index (χ1n) is 11.9. The van der Waals surface area contributed by atoms with Gasteiger partial charge < -0.3 is 19.9 Å². The summed E-state index contributed by atoms with van der Waals surface area (Å²) in [6.07, 6.45) is 1.32. The molecule has 4 aromatic carbocycles. The summed E-state index contributed by atoms with van der Waals surface area (Å²) in [6, 6.07) is 27.4. The largest absolute Gasteiger partial charge is 0.493 e. The standard InChI is InChI=1S/C30H26FN3O5/c1-38-26-14-8-9-21(28(26)39-20-27(35)33-25-17-15-24(31)16-18-25)19-32-34-29(36)30(37,22-10-4-2-5-11-22)23-12-6-3-7-13-23/h2-19,37H,20H2,1H3,(H,33,35)(H,34,36)/b32-19-. The van der Waals surface area contributed by atoms with Crippen molar-refractivity contribution in [3.05, 3.63) is 126 Å². The third kappa shape index (κ3) is 6.46. The van der Waals surface area contributed by atoms with Gasteiger partial charge in [0.25, 0.3) is 11.8 Å². The van der Waals surface area contributed by atoms with Gasteiger partial charge in [-0.15, -0.1) is 0 Å². The number of nitrogens with one attached hydrogen (secondary N) is 2. The van der Waals surface area contributed by atoms with Crippen molar-refractivity contribution < 1.29 is 28.6 Å². The van der Waals surface area contributed by atoms with E-state index in [4.69, 9.17) is 9.47 Å². The topological polar surface area (TPSA) is 109 Å². The van der Waals surface area contributed by atoms with Crippen LogP contribution in [0.1, 0.15) is 16.7 Å². The Morgan fingerprint density at radius 1 is 0.897 bits per heavy atom. The summed E-state index contributed by atoms with van der Waals surface area (Å²) in [4.78, 5) is 25.6. The first kappa shape index (κ1) is 27.0. The summed E-state index contributed by atoms with van der Waals surface area (Å²) in [5.41, 5.74) is 1.99. The number of anilines is 1. The van der Waals surface area contributed by atoms with Crippen LogP contribution in [0.5, 0.6) is 11.5 Å². The van der Waals surface area contributed by atoms with E-state index < -0.39 is 23.2 Å². The second kappa shape index (κ2) is 12.5. The lowest BCUT2D eigenvalue weighted by Gasteiger charge is -2.27. The molecular formula is C30H26FN3O5. The van der Waals surface area contributed by atoms with Crippen LogP contribution in [-0.4, -0.2) is 36.9 Å². The van der Waals surface area contributed by atoms with Crippen LogP contribution in [0.15, 0.2) is 108 Å². The molecule has 0 aliphatic rings. The Hall–Kier alpha value is -5.02. The van der Waals surface area contributed by atoms with Gasteiger partial charge in [-0.3, -0.25) is 9.59 Å². The minimum absolute atomic E-state index is 0.216. The number of methoxy groups -OCH3 is 1. The van der Waals surface area contributed by atoms with Crippen LogP contribution in [0.25, 0.3) is 0 Å². The Morgan fingerprint density at radius 2 is 1.51 bits per heavy atom. The Balaban J connectivity index is 1.51. The highest BCUT2D eigenvalue weighted by atomic mass is 19.1. The molecule has 3 N–H and O–H groups in total. The van der Waals surface area contributed by atoms with Crippen molar-refractivity contribution in [1.82, 2.24) is 5.43 Å². The molecule has 0 saturated carbocycles. The average Bonchev–Trinajstić information content (AvgIpc) is 2.97. The normalized spacial score (nSPS) is 11.2. The molecule has 9 heteroatoms. The highest BCUT2D eigenvalue weighted by molar-refractivity contribution is 5.93. The molecular weight excluding hydrogens is 501 g/mol. The van der Waals surface area contributed by atoms with Gasteiger partial charge in [-0.05, 0) is 47.5 Å². The van der Waals surface area contributed by atoms with E-state index in [9.17, 15) is 19.1 Å². The minimum Gasteiger partial charge on any atom is -0.493 e. The highest BCUT2D eigenvalue weighted by Gasteiger charge is 2.39. The van der Waals surface area contributed by atoms with E-state index in [1.165, 1.54) is 37.6 Å². The highest BCUT2D eigenvalue weighted by Crippen LogP contribution is 2.31. The van der Waals surface area contributed by atoms with E-state index in [0.717, 1.165) is 0 Å².